The van der Waals surface area contributed by atoms with E-state index in [2.05, 4.69) is 10.2 Å². The lowest BCUT2D eigenvalue weighted by Gasteiger charge is -2.28. The van der Waals surface area contributed by atoms with Crippen LogP contribution in [0.5, 0.6) is 0 Å². The van der Waals surface area contributed by atoms with Crippen LogP contribution in [-0.2, 0) is 9.05 Å². The fraction of sp³-hybridized carbons (Fsp3) is 0.818. The van der Waals surface area contributed by atoms with Gasteiger partial charge in [0.15, 0.2) is 0 Å². The zero-order valence-corrected chi connectivity index (χ0v) is 12.8. The number of rotatable bonds is 3. The zero-order valence-electron chi connectivity index (χ0n) is 11.2. The maximum Gasteiger partial charge on any atom is 0.296 e. The summed E-state index contributed by atoms with van der Waals surface area (Å²) in [6.07, 6.45) is 0.0948. The van der Waals surface area contributed by atoms with Crippen molar-refractivity contribution in [1.29, 1.82) is 0 Å². The molecular formula is C11H16ClF2N3O2S. The molecule has 0 N–H and O–H groups in total. The third kappa shape index (κ3) is 3.11. The summed E-state index contributed by atoms with van der Waals surface area (Å²) in [5.74, 6) is -2.42. The van der Waals surface area contributed by atoms with Gasteiger partial charge in [-0.1, -0.05) is 0 Å². The molecule has 5 nitrogen and oxygen atoms in total. The highest BCUT2D eigenvalue weighted by atomic mass is 35.7. The van der Waals surface area contributed by atoms with Crippen molar-refractivity contribution in [2.75, 3.05) is 0 Å². The van der Waals surface area contributed by atoms with Crippen molar-refractivity contribution in [3.8, 4) is 0 Å². The molecule has 9 heteroatoms. The van der Waals surface area contributed by atoms with Crippen molar-refractivity contribution in [2.45, 2.75) is 62.6 Å². The predicted molar refractivity (Wildman–Crippen MR) is 69.6 cm³/mol. The molecule has 20 heavy (non-hydrogen) atoms. The van der Waals surface area contributed by atoms with Crippen LogP contribution in [0.3, 0.4) is 0 Å². The van der Waals surface area contributed by atoms with Gasteiger partial charge in [-0.25, -0.2) is 17.2 Å². The summed E-state index contributed by atoms with van der Waals surface area (Å²) in [7, 11) is 1.33. The molecule has 2 rings (SSSR count). The number of aromatic nitrogens is 3. The van der Waals surface area contributed by atoms with Crippen LogP contribution in [0.15, 0.2) is 5.16 Å². The summed E-state index contributed by atoms with van der Waals surface area (Å²) in [6, 6.07) is -0.217. The first-order valence-corrected chi connectivity index (χ1v) is 8.70. The molecule has 1 fully saturated rings. The molecule has 0 amide bonds. The summed E-state index contributed by atoms with van der Waals surface area (Å²) >= 11 is 0. The van der Waals surface area contributed by atoms with Crippen molar-refractivity contribution in [3.63, 3.8) is 0 Å². The minimum absolute atomic E-state index is 0.211. The van der Waals surface area contributed by atoms with E-state index in [0.717, 1.165) is 0 Å². The highest BCUT2D eigenvalue weighted by molar-refractivity contribution is 8.13. The van der Waals surface area contributed by atoms with Crippen molar-refractivity contribution < 1.29 is 17.2 Å². The fourth-order valence-corrected chi connectivity index (χ4v) is 3.51. The van der Waals surface area contributed by atoms with Crippen LogP contribution < -0.4 is 0 Å². The molecule has 0 radical (unpaired) electrons. The van der Waals surface area contributed by atoms with Crippen molar-refractivity contribution >= 4 is 19.7 Å². The van der Waals surface area contributed by atoms with E-state index in [1.54, 1.807) is 13.8 Å². The Morgan fingerprint density at radius 3 is 2.30 bits per heavy atom. The molecule has 1 aliphatic rings. The molecule has 1 aliphatic carbocycles. The Bertz CT molecular complexity index is 591. The normalized spacial score (nSPS) is 20.5. The van der Waals surface area contributed by atoms with E-state index in [1.165, 1.54) is 4.57 Å². The predicted octanol–water partition coefficient (Wildman–Crippen LogP) is 3.08. The number of hydrogen-bond acceptors (Lipinski definition) is 4. The van der Waals surface area contributed by atoms with E-state index in [0.29, 0.717) is 5.82 Å². The van der Waals surface area contributed by atoms with Crippen LogP contribution in [0.25, 0.3) is 0 Å². The Hall–Kier alpha value is -0.760. The number of alkyl halides is 2. The van der Waals surface area contributed by atoms with Gasteiger partial charge in [-0.15, -0.1) is 10.2 Å². The molecule has 1 heterocycles. The van der Waals surface area contributed by atoms with Crippen LogP contribution >= 0.6 is 10.7 Å². The fourth-order valence-electron chi connectivity index (χ4n) is 2.52. The molecule has 0 bridgehead atoms. The quantitative estimate of drug-likeness (QED) is 0.800. The summed E-state index contributed by atoms with van der Waals surface area (Å²) in [4.78, 5) is 0. The van der Waals surface area contributed by atoms with E-state index in [9.17, 15) is 17.2 Å². The van der Waals surface area contributed by atoms with Gasteiger partial charge in [0.25, 0.3) is 14.2 Å². The monoisotopic (exact) mass is 327 g/mol. The summed E-state index contributed by atoms with van der Waals surface area (Å²) in [5, 5.41) is 7.19. The second-order valence-electron chi connectivity index (χ2n) is 5.37. The largest absolute Gasteiger partial charge is 0.298 e. The number of hydrogen-bond donors (Lipinski definition) is 0. The van der Waals surface area contributed by atoms with Gasteiger partial charge in [0.1, 0.15) is 5.82 Å². The Labute approximate surface area is 120 Å². The Morgan fingerprint density at radius 2 is 1.85 bits per heavy atom. The van der Waals surface area contributed by atoms with Gasteiger partial charge < -0.3 is 0 Å². The van der Waals surface area contributed by atoms with E-state index in [-0.39, 0.29) is 42.8 Å². The second kappa shape index (κ2) is 5.22. The second-order valence-corrected chi connectivity index (χ2v) is 7.83. The first kappa shape index (κ1) is 15.6. The molecular weight excluding hydrogens is 312 g/mol. The van der Waals surface area contributed by atoms with E-state index >= 15 is 0 Å². The van der Waals surface area contributed by atoms with Crippen molar-refractivity contribution in [1.82, 2.24) is 14.8 Å². The van der Waals surface area contributed by atoms with Crippen LogP contribution in [0.2, 0.25) is 0 Å². The number of nitrogens with zero attached hydrogens (tertiary/aromatic N) is 3. The summed E-state index contributed by atoms with van der Waals surface area (Å²) < 4.78 is 50.8. The first-order chi connectivity index (χ1) is 9.12. The SMILES string of the molecule is CC(C)n1c(C2CCC(F)(F)CC2)nnc1S(=O)(=O)Cl. The average molecular weight is 328 g/mol. The minimum Gasteiger partial charge on any atom is -0.298 e. The third-order valence-electron chi connectivity index (χ3n) is 3.51. The highest BCUT2D eigenvalue weighted by Gasteiger charge is 2.38. The average Bonchev–Trinajstić information content (AvgIpc) is 2.73. The lowest BCUT2D eigenvalue weighted by molar-refractivity contribution is -0.0391. The van der Waals surface area contributed by atoms with Crippen molar-refractivity contribution in [2.24, 2.45) is 0 Å². The lowest BCUT2D eigenvalue weighted by Crippen LogP contribution is -2.25. The standard InChI is InChI=1S/C11H16ClF2N3O2S/c1-7(2)17-9(15-16-10(17)20(12,18)19)8-3-5-11(13,14)6-4-8/h7-8H,3-6H2,1-2H3. The summed E-state index contributed by atoms with van der Waals surface area (Å²) in [6.45, 7) is 3.55. The van der Waals surface area contributed by atoms with Gasteiger partial charge in [0, 0.05) is 35.5 Å². The zero-order chi connectivity index (χ0) is 15.1. The summed E-state index contributed by atoms with van der Waals surface area (Å²) in [5.41, 5.74) is 0. The van der Waals surface area contributed by atoms with Gasteiger partial charge >= 0.3 is 0 Å². The van der Waals surface area contributed by atoms with Gasteiger partial charge in [-0.2, -0.15) is 0 Å². The molecule has 0 atom stereocenters. The maximum absolute atomic E-state index is 13.2. The molecule has 0 saturated heterocycles. The van der Waals surface area contributed by atoms with Crippen LogP contribution in [0.4, 0.5) is 8.78 Å². The molecule has 114 valence electrons. The van der Waals surface area contributed by atoms with Crippen LogP contribution in [0.1, 0.15) is 57.3 Å². The molecule has 0 spiro atoms. The van der Waals surface area contributed by atoms with Gasteiger partial charge in [0.2, 0.25) is 5.92 Å². The van der Waals surface area contributed by atoms with E-state index in [4.69, 9.17) is 10.7 Å². The molecule has 0 unspecified atom stereocenters. The third-order valence-corrected chi connectivity index (χ3v) is 4.64. The smallest absolute Gasteiger partial charge is 0.296 e. The first-order valence-electron chi connectivity index (χ1n) is 6.39. The van der Waals surface area contributed by atoms with E-state index in [1.807, 2.05) is 0 Å². The highest BCUT2D eigenvalue weighted by Crippen LogP contribution is 2.41. The van der Waals surface area contributed by atoms with E-state index < -0.39 is 15.0 Å². The van der Waals surface area contributed by atoms with Crippen molar-refractivity contribution in [3.05, 3.63) is 5.82 Å². The van der Waals surface area contributed by atoms with Crippen LogP contribution in [0, 0.1) is 0 Å². The molecule has 1 aromatic heterocycles. The van der Waals surface area contributed by atoms with Gasteiger partial charge in [-0.3, -0.25) is 4.57 Å². The Balaban J connectivity index is 2.36. The molecule has 1 aromatic rings. The maximum atomic E-state index is 13.2. The lowest BCUT2D eigenvalue weighted by atomic mass is 9.86. The Morgan fingerprint density at radius 1 is 1.30 bits per heavy atom. The minimum atomic E-state index is -4.01. The number of halogens is 3. The topological polar surface area (TPSA) is 64.8 Å². The van der Waals surface area contributed by atoms with Gasteiger partial charge in [0.05, 0.1) is 0 Å². The van der Waals surface area contributed by atoms with Gasteiger partial charge in [-0.05, 0) is 26.7 Å². The van der Waals surface area contributed by atoms with Crippen LogP contribution in [-0.4, -0.2) is 29.1 Å². The Kier molecular flexibility index (Phi) is 4.07. The molecule has 0 aromatic carbocycles. The molecule has 0 aliphatic heterocycles. The molecule has 1 saturated carbocycles.